The second kappa shape index (κ2) is 12.1. The molecule has 0 heterocycles. The standard InChI is InChI=1S/C38H37NO2P/c1-28(38(41-4)29-17-7-5-8-18-29)39(2)42(31-20-9-6-10-21-31,36-26-16-15-25-35(36)40-3)37-27-30-19-11-12-22-32(30)33-23-13-14-24-34(33)37/h5-28,38H,1-4H3/q+1/t28-,38-,42?/m1/s1. The first-order valence-corrected chi connectivity index (χ1v) is 16.2. The summed E-state index contributed by atoms with van der Waals surface area (Å²) >= 11 is 0. The van der Waals surface area contributed by atoms with Crippen molar-refractivity contribution >= 4 is 44.9 Å². The SMILES string of the molecule is COc1ccccc1[P+](c1ccccc1)(c1cc2ccccc2c2ccccc12)N(C)[C@H](C)[C@@H](OC)c1ccccc1. The zero-order valence-electron chi connectivity index (χ0n) is 24.6. The van der Waals surface area contributed by atoms with Crippen LogP contribution in [0.1, 0.15) is 18.6 Å². The number of ether oxygens (including phenoxy) is 2. The fourth-order valence-electron chi connectivity index (χ4n) is 6.50. The fraction of sp³-hybridized carbons (Fsp3) is 0.158. The molecule has 0 aliphatic carbocycles. The van der Waals surface area contributed by atoms with Crippen LogP contribution < -0.4 is 20.7 Å². The molecule has 0 spiro atoms. The van der Waals surface area contributed by atoms with E-state index in [1.807, 2.05) is 7.11 Å². The van der Waals surface area contributed by atoms with Gasteiger partial charge in [-0.05, 0) is 59.0 Å². The van der Waals surface area contributed by atoms with Crippen LogP contribution in [0.5, 0.6) is 5.75 Å². The number of rotatable bonds is 9. The smallest absolute Gasteiger partial charge is 0.185 e. The van der Waals surface area contributed by atoms with Gasteiger partial charge in [-0.1, -0.05) is 109 Å². The lowest BCUT2D eigenvalue weighted by molar-refractivity contribution is 0.0551. The number of hydrogen-bond donors (Lipinski definition) is 0. The van der Waals surface area contributed by atoms with E-state index in [-0.39, 0.29) is 12.1 Å². The summed E-state index contributed by atoms with van der Waals surface area (Å²) in [6.07, 6.45) is -0.138. The fourth-order valence-corrected chi connectivity index (χ4v) is 11.3. The largest absolute Gasteiger partial charge is 0.493 e. The Morgan fingerprint density at radius 2 is 1.17 bits per heavy atom. The summed E-state index contributed by atoms with van der Waals surface area (Å²) < 4.78 is 15.0. The Morgan fingerprint density at radius 3 is 1.86 bits per heavy atom. The first-order chi connectivity index (χ1) is 20.6. The highest BCUT2D eigenvalue weighted by molar-refractivity contribution is 7.94. The Bertz CT molecular complexity index is 1810. The molecule has 0 aromatic heterocycles. The Balaban J connectivity index is 1.76. The molecule has 3 nitrogen and oxygen atoms in total. The molecule has 0 N–H and O–H groups in total. The summed E-state index contributed by atoms with van der Waals surface area (Å²) in [7, 11) is 3.31. The number of benzene rings is 6. The highest BCUT2D eigenvalue weighted by Gasteiger charge is 2.55. The number of hydrogen-bond acceptors (Lipinski definition) is 3. The van der Waals surface area contributed by atoms with Crippen LogP contribution >= 0.6 is 7.41 Å². The molecule has 4 heteroatoms. The number of methoxy groups -OCH3 is 2. The highest BCUT2D eigenvalue weighted by atomic mass is 31.2. The number of likely N-dealkylation sites (N-methyl/N-ethyl adjacent to an activating group) is 1. The van der Waals surface area contributed by atoms with Crippen LogP contribution in [0, 0.1) is 0 Å². The second-order valence-electron chi connectivity index (χ2n) is 10.7. The summed E-state index contributed by atoms with van der Waals surface area (Å²) in [6, 6.07) is 50.1. The average molecular weight is 571 g/mol. The van der Waals surface area contributed by atoms with Crippen molar-refractivity contribution in [1.29, 1.82) is 0 Å². The Morgan fingerprint density at radius 1 is 0.595 bits per heavy atom. The Labute approximate surface area is 249 Å². The summed E-state index contributed by atoms with van der Waals surface area (Å²) in [5.41, 5.74) is 1.16. The molecule has 1 unspecified atom stereocenters. The molecule has 0 bridgehead atoms. The highest BCUT2D eigenvalue weighted by Crippen LogP contribution is 2.62. The van der Waals surface area contributed by atoms with Gasteiger partial charge in [0.15, 0.2) is 18.5 Å². The Hall–Kier alpha value is -4.01. The monoisotopic (exact) mass is 570 g/mol. The van der Waals surface area contributed by atoms with Crippen LogP contribution in [-0.2, 0) is 4.74 Å². The van der Waals surface area contributed by atoms with Crippen molar-refractivity contribution in [1.82, 2.24) is 4.67 Å². The molecule has 210 valence electrons. The van der Waals surface area contributed by atoms with E-state index < -0.39 is 7.41 Å². The molecule has 3 atom stereocenters. The third kappa shape index (κ3) is 4.68. The zero-order chi connectivity index (χ0) is 29.1. The topological polar surface area (TPSA) is 21.7 Å². The van der Waals surface area contributed by atoms with Gasteiger partial charge in [0.1, 0.15) is 16.7 Å². The summed E-state index contributed by atoms with van der Waals surface area (Å²) in [5, 5.41) is 8.78. The molecular weight excluding hydrogens is 533 g/mol. The first-order valence-electron chi connectivity index (χ1n) is 14.4. The number of para-hydroxylation sites is 1. The van der Waals surface area contributed by atoms with Gasteiger partial charge in [-0.3, -0.25) is 0 Å². The number of fused-ring (bicyclic) bond motifs is 3. The maximum absolute atomic E-state index is 6.28. The van der Waals surface area contributed by atoms with E-state index in [1.54, 1.807) is 7.11 Å². The summed E-state index contributed by atoms with van der Waals surface area (Å²) in [6.45, 7) is 2.29. The van der Waals surface area contributed by atoms with E-state index in [0.29, 0.717) is 0 Å². The van der Waals surface area contributed by atoms with Gasteiger partial charge in [-0.2, -0.15) is 4.67 Å². The van der Waals surface area contributed by atoms with Crippen molar-refractivity contribution in [2.45, 2.75) is 19.1 Å². The maximum atomic E-state index is 6.28. The molecule has 0 aliphatic rings. The van der Waals surface area contributed by atoms with E-state index in [1.165, 1.54) is 37.5 Å². The normalized spacial score (nSPS) is 14.5. The molecule has 6 rings (SSSR count). The van der Waals surface area contributed by atoms with Crippen molar-refractivity contribution in [3.05, 3.63) is 145 Å². The molecule has 0 radical (unpaired) electrons. The molecule has 0 aliphatic heterocycles. The van der Waals surface area contributed by atoms with Gasteiger partial charge < -0.3 is 9.47 Å². The minimum absolute atomic E-state index is 0.0149. The lowest BCUT2D eigenvalue weighted by Crippen LogP contribution is -2.47. The van der Waals surface area contributed by atoms with Crippen LogP contribution in [0.25, 0.3) is 21.5 Å². The van der Waals surface area contributed by atoms with Crippen molar-refractivity contribution < 1.29 is 9.47 Å². The predicted molar refractivity (Wildman–Crippen MR) is 180 cm³/mol. The van der Waals surface area contributed by atoms with Gasteiger partial charge in [0.2, 0.25) is 0 Å². The summed E-state index contributed by atoms with van der Waals surface area (Å²) in [5.74, 6) is 0.889. The van der Waals surface area contributed by atoms with Gasteiger partial charge in [-0.15, -0.1) is 0 Å². The maximum Gasteiger partial charge on any atom is 0.185 e. The lowest BCUT2D eigenvalue weighted by atomic mass is 10.0. The molecule has 6 aromatic rings. The van der Waals surface area contributed by atoms with Crippen molar-refractivity contribution in [2.75, 3.05) is 21.3 Å². The van der Waals surface area contributed by atoms with Crippen LogP contribution in [0.15, 0.2) is 140 Å². The van der Waals surface area contributed by atoms with Crippen LogP contribution in [-0.4, -0.2) is 32.0 Å². The second-order valence-corrected chi connectivity index (χ2v) is 14.1. The van der Waals surface area contributed by atoms with E-state index >= 15 is 0 Å². The summed E-state index contributed by atoms with van der Waals surface area (Å²) in [4.78, 5) is 0. The molecule has 0 saturated heterocycles. The van der Waals surface area contributed by atoms with E-state index in [4.69, 9.17) is 9.47 Å². The number of nitrogens with zero attached hydrogens (tertiary/aromatic N) is 1. The van der Waals surface area contributed by atoms with Gasteiger partial charge in [0.05, 0.1) is 13.2 Å². The molecule has 0 amide bonds. The van der Waals surface area contributed by atoms with E-state index in [9.17, 15) is 0 Å². The molecule has 0 fully saturated rings. The van der Waals surface area contributed by atoms with Crippen LogP contribution in [0.4, 0.5) is 0 Å². The molecule has 6 aromatic carbocycles. The zero-order valence-corrected chi connectivity index (χ0v) is 25.5. The van der Waals surface area contributed by atoms with Gasteiger partial charge >= 0.3 is 0 Å². The van der Waals surface area contributed by atoms with Crippen LogP contribution in [0.2, 0.25) is 0 Å². The van der Waals surface area contributed by atoms with Crippen molar-refractivity contribution in [3.63, 3.8) is 0 Å². The third-order valence-electron chi connectivity index (χ3n) is 8.54. The minimum atomic E-state index is -2.56. The third-order valence-corrected chi connectivity index (χ3v) is 13.0. The van der Waals surface area contributed by atoms with Crippen LogP contribution in [0.3, 0.4) is 0 Å². The molecule has 0 saturated carbocycles. The van der Waals surface area contributed by atoms with E-state index in [0.717, 1.165) is 11.3 Å². The van der Waals surface area contributed by atoms with Crippen molar-refractivity contribution in [2.24, 2.45) is 0 Å². The van der Waals surface area contributed by atoms with E-state index in [2.05, 4.69) is 158 Å². The van der Waals surface area contributed by atoms with Gasteiger partial charge in [0.25, 0.3) is 0 Å². The Kier molecular flexibility index (Phi) is 8.09. The average Bonchev–Trinajstić information content (AvgIpc) is 3.06. The predicted octanol–water partition coefficient (Wildman–Crippen LogP) is 7.92. The minimum Gasteiger partial charge on any atom is -0.493 e. The van der Waals surface area contributed by atoms with Crippen molar-refractivity contribution in [3.8, 4) is 5.75 Å². The molecular formula is C38H37NO2P+. The van der Waals surface area contributed by atoms with Gasteiger partial charge in [0, 0.05) is 19.5 Å². The molecule has 42 heavy (non-hydrogen) atoms. The quantitative estimate of drug-likeness (QED) is 0.130. The lowest BCUT2D eigenvalue weighted by Gasteiger charge is -2.41. The first kappa shape index (κ1) is 28.1. The van der Waals surface area contributed by atoms with Gasteiger partial charge in [-0.25, -0.2) is 0 Å².